The van der Waals surface area contributed by atoms with Crippen molar-refractivity contribution in [1.82, 2.24) is 9.97 Å². The second-order valence-electron chi connectivity index (χ2n) is 3.03. The molecule has 0 fully saturated rings. The van der Waals surface area contributed by atoms with Gasteiger partial charge >= 0.3 is 0 Å². The lowest BCUT2D eigenvalue weighted by Crippen LogP contribution is -1.93. The van der Waals surface area contributed by atoms with E-state index in [1.807, 2.05) is 31.3 Å². The zero-order valence-electron chi connectivity index (χ0n) is 8.24. The van der Waals surface area contributed by atoms with Crippen molar-refractivity contribution in [3.05, 3.63) is 41.1 Å². The van der Waals surface area contributed by atoms with Gasteiger partial charge in [-0.3, -0.25) is 0 Å². The predicted octanol–water partition coefficient (Wildman–Crippen LogP) is 2.95. The van der Waals surface area contributed by atoms with Crippen LogP contribution in [0.25, 0.3) is 11.4 Å². The fourth-order valence-electron chi connectivity index (χ4n) is 1.24. The van der Waals surface area contributed by atoms with E-state index in [1.54, 1.807) is 12.4 Å². The highest BCUT2D eigenvalue weighted by Crippen LogP contribution is 2.24. The van der Waals surface area contributed by atoms with Gasteiger partial charge in [-0.25, -0.2) is 9.97 Å². The van der Waals surface area contributed by atoms with Gasteiger partial charge in [0.05, 0.1) is 18.1 Å². The van der Waals surface area contributed by atoms with Crippen molar-refractivity contribution in [2.45, 2.75) is 0 Å². The average molecular weight is 264 g/mol. The van der Waals surface area contributed by atoms with Crippen LogP contribution in [0.5, 0.6) is 0 Å². The molecule has 2 aromatic rings. The Morgan fingerprint density at radius 1 is 1.13 bits per heavy atom. The number of benzene rings is 1. The summed E-state index contributed by atoms with van der Waals surface area (Å²) in [5.74, 6) is 0.724. The van der Waals surface area contributed by atoms with Crippen LogP contribution in [-0.2, 0) is 0 Å². The maximum absolute atomic E-state index is 4.28. The minimum Gasteiger partial charge on any atom is -0.386 e. The second kappa shape index (κ2) is 4.40. The third-order valence-corrected chi connectivity index (χ3v) is 2.75. The summed E-state index contributed by atoms with van der Waals surface area (Å²) >= 11 is 3.47. The average Bonchev–Trinajstić information content (AvgIpc) is 2.30. The standard InChI is InChI=1S/C11H10BrN3/c1-13-8-6-14-11(15-7-8)9-4-2-3-5-10(9)12/h2-7,13H,1H3. The Morgan fingerprint density at radius 3 is 2.40 bits per heavy atom. The second-order valence-corrected chi connectivity index (χ2v) is 3.88. The van der Waals surface area contributed by atoms with Crippen molar-refractivity contribution in [2.24, 2.45) is 0 Å². The molecule has 1 heterocycles. The molecule has 0 saturated carbocycles. The first-order valence-electron chi connectivity index (χ1n) is 4.56. The Kier molecular flexibility index (Phi) is 2.97. The Labute approximate surface area is 96.7 Å². The van der Waals surface area contributed by atoms with Crippen LogP contribution < -0.4 is 5.32 Å². The highest BCUT2D eigenvalue weighted by molar-refractivity contribution is 9.10. The number of hydrogen-bond donors (Lipinski definition) is 1. The lowest BCUT2D eigenvalue weighted by atomic mass is 10.2. The number of nitrogens with zero attached hydrogens (tertiary/aromatic N) is 2. The third-order valence-electron chi connectivity index (χ3n) is 2.06. The van der Waals surface area contributed by atoms with E-state index in [-0.39, 0.29) is 0 Å². The summed E-state index contributed by atoms with van der Waals surface area (Å²) in [6.45, 7) is 0. The molecule has 0 aliphatic heterocycles. The van der Waals surface area contributed by atoms with Crippen molar-refractivity contribution in [2.75, 3.05) is 12.4 Å². The van der Waals surface area contributed by atoms with Gasteiger partial charge in [0.25, 0.3) is 0 Å². The Morgan fingerprint density at radius 2 is 1.80 bits per heavy atom. The largest absolute Gasteiger partial charge is 0.386 e. The van der Waals surface area contributed by atoms with E-state index in [4.69, 9.17) is 0 Å². The molecule has 1 aromatic carbocycles. The molecule has 3 nitrogen and oxygen atoms in total. The van der Waals surface area contributed by atoms with Gasteiger partial charge in [-0.2, -0.15) is 0 Å². The molecule has 0 spiro atoms. The molecule has 15 heavy (non-hydrogen) atoms. The summed E-state index contributed by atoms with van der Waals surface area (Å²) in [5.41, 5.74) is 1.91. The minimum atomic E-state index is 0.724. The molecule has 0 atom stereocenters. The topological polar surface area (TPSA) is 37.8 Å². The first kappa shape index (κ1) is 10.1. The van der Waals surface area contributed by atoms with E-state index in [9.17, 15) is 0 Å². The molecule has 0 bridgehead atoms. The molecule has 0 aliphatic rings. The monoisotopic (exact) mass is 263 g/mol. The van der Waals surface area contributed by atoms with Crippen LogP contribution in [0.15, 0.2) is 41.1 Å². The summed E-state index contributed by atoms with van der Waals surface area (Å²) in [6, 6.07) is 7.90. The van der Waals surface area contributed by atoms with Gasteiger partial charge in [0.2, 0.25) is 0 Å². The molecule has 4 heteroatoms. The van der Waals surface area contributed by atoms with Gasteiger partial charge in [-0.1, -0.05) is 34.1 Å². The van der Waals surface area contributed by atoms with E-state index >= 15 is 0 Å². The highest BCUT2D eigenvalue weighted by Gasteiger charge is 2.04. The van der Waals surface area contributed by atoms with Gasteiger partial charge < -0.3 is 5.32 Å². The molecular formula is C11H10BrN3. The summed E-state index contributed by atoms with van der Waals surface area (Å²) in [7, 11) is 1.84. The lowest BCUT2D eigenvalue weighted by Gasteiger charge is -2.03. The van der Waals surface area contributed by atoms with Crippen LogP contribution in [0.1, 0.15) is 0 Å². The first-order chi connectivity index (χ1) is 7.31. The van der Waals surface area contributed by atoms with Crippen molar-refractivity contribution in [1.29, 1.82) is 0 Å². The van der Waals surface area contributed by atoms with E-state index in [2.05, 4.69) is 31.2 Å². The summed E-state index contributed by atoms with van der Waals surface area (Å²) in [5, 5.41) is 2.98. The first-order valence-corrected chi connectivity index (χ1v) is 5.35. The predicted molar refractivity (Wildman–Crippen MR) is 64.7 cm³/mol. The van der Waals surface area contributed by atoms with Crippen molar-refractivity contribution in [3.8, 4) is 11.4 Å². The molecule has 76 valence electrons. The summed E-state index contributed by atoms with van der Waals surface area (Å²) in [6.07, 6.45) is 3.53. The maximum atomic E-state index is 4.28. The lowest BCUT2D eigenvalue weighted by molar-refractivity contribution is 1.17. The van der Waals surface area contributed by atoms with Crippen molar-refractivity contribution in [3.63, 3.8) is 0 Å². The number of rotatable bonds is 2. The maximum Gasteiger partial charge on any atom is 0.160 e. The third kappa shape index (κ3) is 2.15. The molecule has 2 rings (SSSR count). The van der Waals surface area contributed by atoms with E-state index < -0.39 is 0 Å². The Hall–Kier alpha value is -1.42. The quantitative estimate of drug-likeness (QED) is 0.906. The van der Waals surface area contributed by atoms with E-state index in [0.29, 0.717) is 0 Å². The van der Waals surface area contributed by atoms with Gasteiger partial charge in [-0.15, -0.1) is 0 Å². The SMILES string of the molecule is CNc1cnc(-c2ccccc2Br)nc1. The molecule has 0 unspecified atom stereocenters. The van der Waals surface area contributed by atoms with Crippen LogP contribution >= 0.6 is 15.9 Å². The fraction of sp³-hybridized carbons (Fsp3) is 0.0909. The normalized spacial score (nSPS) is 10.0. The molecular weight excluding hydrogens is 254 g/mol. The zero-order valence-corrected chi connectivity index (χ0v) is 9.82. The zero-order chi connectivity index (χ0) is 10.7. The van der Waals surface area contributed by atoms with Crippen molar-refractivity contribution >= 4 is 21.6 Å². The number of aromatic nitrogens is 2. The van der Waals surface area contributed by atoms with Gasteiger partial charge in [0.15, 0.2) is 5.82 Å². The van der Waals surface area contributed by atoms with Crippen LogP contribution in [-0.4, -0.2) is 17.0 Å². The molecule has 0 saturated heterocycles. The van der Waals surface area contributed by atoms with Crippen LogP contribution in [0.2, 0.25) is 0 Å². The van der Waals surface area contributed by atoms with E-state index in [1.165, 1.54) is 0 Å². The Balaban J connectivity index is 2.42. The number of hydrogen-bond acceptors (Lipinski definition) is 3. The number of nitrogens with one attached hydrogen (secondary N) is 1. The summed E-state index contributed by atoms with van der Waals surface area (Å²) < 4.78 is 1.00. The van der Waals surface area contributed by atoms with Crippen LogP contribution in [0.3, 0.4) is 0 Å². The van der Waals surface area contributed by atoms with Gasteiger partial charge in [-0.05, 0) is 6.07 Å². The van der Waals surface area contributed by atoms with Gasteiger partial charge in [0.1, 0.15) is 0 Å². The Bertz CT molecular complexity index is 454. The summed E-state index contributed by atoms with van der Waals surface area (Å²) in [4.78, 5) is 8.55. The van der Waals surface area contributed by atoms with Gasteiger partial charge in [0, 0.05) is 17.1 Å². The molecule has 0 radical (unpaired) electrons. The number of anilines is 1. The molecule has 1 N–H and O–H groups in total. The molecule has 0 amide bonds. The van der Waals surface area contributed by atoms with E-state index in [0.717, 1.165) is 21.5 Å². The van der Waals surface area contributed by atoms with Crippen molar-refractivity contribution < 1.29 is 0 Å². The number of halogens is 1. The smallest absolute Gasteiger partial charge is 0.160 e. The van der Waals surface area contributed by atoms with Crippen LogP contribution in [0, 0.1) is 0 Å². The highest BCUT2D eigenvalue weighted by atomic mass is 79.9. The minimum absolute atomic E-state index is 0.724. The fourth-order valence-corrected chi connectivity index (χ4v) is 1.70. The molecule has 0 aliphatic carbocycles. The van der Waals surface area contributed by atoms with Crippen LogP contribution in [0.4, 0.5) is 5.69 Å². The molecule has 1 aromatic heterocycles.